The Morgan fingerprint density at radius 1 is 1.08 bits per heavy atom. The van der Waals surface area contributed by atoms with Crippen molar-refractivity contribution in [3.63, 3.8) is 0 Å². The summed E-state index contributed by atoms with van der Waals surface area (Å²) in [5, 5.41) is 12.7. The third kappa shape index (κ3) is 5.69. The number of amides is 1. The van der Waals surface area contributed by atoms with Gasteiger partial charge in [-0.2, -0.15) is 0 Å². The van der Waals surface area contributed by atoms with Crippen LogP contribution in [0.5, 0.6) is 17.2 Å². The van der Waals surface area contributed by atoms with Crippen LogP contribution in [0, 0.1) is 18.3 Å². The summed E-state index contributed by atoms with van der Waals surface area (Å²) in [6.45, 7) is 6.24. The van der Waals surface area contributed by atoms with Crippen LogP contribution in [0.25, 0.3) is 10.9 Å². The summed E-state index contributed by atoms with van der Waals surface area (Å²) in [7, 11) is 3.18. The molecule has 0 fully saturated rings. The Hall–Kier alpha value is -3.65. The normalized spacial score (nSPS) is 19.1. The first kappa shape index (κ1) is 26.4. The van der Waals surface area contributed by atoms with E-state index in [1.54, 1.807) is 38.3 Å². The van der Waals surface area contributed by atoms with E-state index in [2.05, 4.69) is 48.4 Å². The molecule has 37 heavy (non-hydrogen) atoms. The van der Waals surface area contributed by atoms with E-state index in [0.29, 0.717) is 22.9 Å². The number of rotatable bonds is 9. The van der Waals surface area contributed by atoms with E-state index in [-0.39, 0.29) is 5.92 Å². The molecule has 7 nitrogen and oxygen atoms in total. The van der Waals surface area contributed by atoms with E-state index in [9.17, 15) is 9.90 Å². The molecule has 1 aliphatic carbocycles. The van der Waals surface area contributed by atoms with E-state index in [0.717, 1.165) is 28.8 Å². The number of aromatic nitrogens is 1. The standard InChI is InChI=1S/C29H32N2O5S/c1-18-6-8-20(9-7-18)37-15-13-29(3)19(2)22(31-28(32)33)10-11-27(29)36-24-12-14-30-23-17-26(35-5)25(34-4)16-21(23)24/h6-12,14,16-17,19,31H,13,15H2,1-5H3,(H,32,33). The van der Waals surface area contributed by atoms with Crippen LogP contribution in [0.2, 0.25) is 0 Å². The number of methoxy groups -OCH3 is 2. The minimum Gasteiger partial charge on any atom is -0.493 e. The highest BCUT2D eigenvalue weighted by atomic mass is 32.2. The SMILES string of the molecule is COc1cc2nccc(OC3=CC=C(NC(=O)O)C(C)C3(C)CCSc3ccc(C)cc3)c2cc1OC. The Bertz CT molecular complexity index is 1350. The second-order valence-corrected chi connectivity index (χ2v) is 10.4. The highest BCUT2D eigenvalue weighted by Gasteiger charge is 2.41. The summed E-state index contributed by atoms with van der Waals surface area (Å²) in [6, 6.07) is 14.0. The molecule has 0 spiro atoms. The Balaban J connectivity index is 1.67. The molecule has 1 aromatic heterocycles. The average molecular weight is 521 g/mol. The van der Waals surface area contributed by atoms with Crippen molar-refractivity contribution in [3.8, 4) is 17.2 Å². The molecule has 2 atom stereocenters. The molecule has 0 aliphatic heterocycles. The lowest BCUT2D eigenvalue weighted by Crippen LogP contribution is -2.39. The molecule has 2 aromatic carbocycles. The summed E-state index contributed by atoms with van der Waals surface area (Å²) >= 11 is 1.78. The van der Waals surface area contributed by atoms with Gasteiger partial charge in [0.25, 0.3) is 0 Å². The van der Waals surface area contributed by atoms with Gasteiger partial charge in [0.15, 0.2) is 11.5 Å². The van der Waals surface area contributed by atoms with Gasteiger partial charge in [0.2, 0.25) is 0 Å². The van der Waals surface area contributed by atoms with Crippen LogP contribution >= 0.6 is 11.8 Å². The van der Waals surface area contributed by atoms with Crippen LogP contribution in [-0.4, -0.2) is 36.2 Å². The number of thioether (sulfide) groups is 1. The molecule has 0 bridgehead atoms. The maximum absolute atomic E-state index is 11.4. The molecule has 1 amide bonds. The molecule has 1 aliphatic rings. The van der Waals surface area contributed by atoms with Crippen molar-refractivity contribution in [2.45, 2.75) is 32.1 Å². The van der Waals surface area contributed by atoms with E-state index >= 15 is 0 Å². The van der Waals surface area contributed by atoms with Gasteiger partial charge in [-0.15, -0.1) is 11.8 Å². The number of hydrogen-bond donors (Lipinski definition) is 2. The number of carbonyl (C=O) groups is 1. The number of nitrogens with zero attached hydrogens (tertiary/aromatic N) is 1. The van der Waals surface area contributed by atoms with Gasteiger partial charge in [-0.25, -0.2) is 4.79 Å². The topological polar surface area (TPSA) is 89.9 Å². The van der Waals surface area contributed by atoms with Crippen LogP contribution in [0.15, 0.2) is 77.2 Å². The Morgan fingerprint density at radius 3 is 2.46 bits per heavy atom. The van der Waals surface area contributed by atoms with Gasteiger partial charge in [-0.3, -0.25) is 10.3 Å². The predicted octanol–water partition coefficient (Wildman–Crippen LogP) is 6.81. The van der Waals surface area contributed by atoms with E-state index < -0.39 is 11.5 Å². The summed E-state index contributed by atoms with van der Waals surface area (Å²) in [4.78, 5) is 17.1. The summed E-state index contributed by atoms with van der Waals surface area (Å²) in [5.74, 6) is 3.31. The lowest BCUT2D eigenvalue weighted by molar-refractivity contribution is 0.172. The quantitative estimate of drug-likeness (QED) is 0.299. The molecule has 0 saturated carbocycles. The van der Waals surface area contributed by atoms with E-state index in [4.69, 9.17) is 14.2 Å². The molecule has 1 heterocycles. The van der Waals surface area contributed by atoms with Crippen LogP contribution < -0.4 is 19.5 Å². The predicted molar refractivity (Wildman–Crippen MR) is 147 cm³/mol. The first-order valence-electron chi connectivity index (χ1n) is 12.1. The fourth-order valence-electron chi connectivity index (χ4n) is 4.49. The second-order valence-electron chi connectivity index (χ2n) is 9.27. The fourth-order valence-corrected chi connectivity index (χ4v) is 5.58. The van der Waals surface area contributed by atoms with E-state index in [1.165, 1.54) is 10.5 Å². The number of benzene rings is 2. The summed E-state index contributed by atoms with van der Waals surface area (Å²) < 4.78 is 17.5. The smallest absolute Gasteiger partial charge is 0.408 e. The monoisotopic (exact) mass is 520 g/mol. The van der Waals surface area contributed by atoms with Crippen molar-refractivity contribution in [2.75, 3.05) is 20.0 Å². The zero-order chi connectivity index (χ0) is 26.6. The van der Waals surface area contributed by atoms with Crippen LogP contribution in [0.3, 0.4) is 0 Å². The first-order valence-corrected chi connectivity index (χ1v) is 13.0. The zero-order valence-electron chi connectivity index (χ0n) is 21.7. The fraction of sp³-hybridized carbons (Fsp3) is 0.310. The van der Waals surface area contributed by atoms with Crippen LogP contribution in [0.1, 0.15) is 25.8 Å². The molecule has 4 rings (SSSR count). The number of aryl methyl sites for hydroxylation is 1. The van der Waals surface area contributed by atoms with Crippen LogP contribution in [-0.2, 0) is 0 Å². The van der Waals surface area contributed by atoms with Crippen molar-refractivity contribution in [2.24, 2.45) is 11.3 Å². The Morgan fingerprint density at radius 2 is 1.78 bits per heavy atom. The highest BCUT2D eigenvalue weighted by molar-refractivity contribution is 7.99. The number of ether oxygens (including phenoxy) is 3. The van der Waals surface area contributed by atoms with Crippen molar-refractivity contribution < 1.29 is 24.1 Å². The van der Waals surface area contributed by atoms with Gasteiger partial charge in [-0.1, -0.05) is 31.5 Å². The van der Waals surface area contributed by atoms with Gasteiger partial charge in [0, 0.05) is 39.6 Å². The molecule has 8 heteroatoms. The van der Waals surface area contributed by atoms with Crippen molar-refractivity contribution in [1.29, 1.82) is 0 Å². The number of carboxylic acid groups (broad SMARTS) is 1. The number of nitrogens with one attached hydrogen (secondary N) is 1. The first-order chi connectivity index (χ1) is 17.7. The maximum Gasteiger partial charge on any atom is 0.408 e. The summed E-state index contributed by atoms with van der Waals surface area (Å²) in [5.41, 5.74) is 2.13. The highest BCUT2D eigenvalue weighted by Crippen LogP contribution is 2.47. The third-order valence-electron chi connectivity index (χ3n) is 6.99. The zero-order valence-corrected chi connectivity index (χ0v) is 22.5. The average Bonchev–Trinajstić information content (AvgIpc) is 2.89. The Kier molecular flexibility index (Phi) is 7.97. The molecule has 2 unspecified atom stereocenters. The number of fused-ring (bicyclic) bond motifs is 1. The third-order valence-corrected chi connectivity index (χ3v) is 8.00. The second kappa shape index (κ2) is 11.2. The molecule has 0 radical (unpaired) electrons. The van der Waals surface area contributed by atoms with Crippen molar-refractivity contribution in [1.82, 2.24) is 10.3 Å². The van der Waals surface area contributed by atoms with Crippen LogP contribution in [0.4, 0.5) is 4.79 Å². The molecular weight excluding hydrogens is 488 g/mol. The lowest BCUT2D eigenvalue weighted by Gasteiger charge is -2.40. The molecule has 2 N–H and O–H groups in total. The molecule has 0 saturated heterocycles. The summed E-state index contributed by atoms with van der Waals surface area (Å²) in [6.07, 6.45) is 5.06. The lowest BCUT2D eigenvalue weighted by atomic mass is 9.70. The van der Waals surface area contributed by atoms with Crippen molar-refractivity contribution in [3.05, 3.63) is 77.8 Å². The minimum absolute atomic E-state index is 0.120. The minimum atomic E-state index is -1.08. The maximum atomic E-state index is 11.4. The molecular formula is C29H32N2O5S. The van der Waals surface area contributed by atoms with Gasteiger partial charge in [0.05, 0.1) is 19.7 Å². The van der Waals surface area contributed by atoms with Gasteiger partial charge < -0.3 is 19.3 Å². The number of pyridine rings is 1. The van der Waals surface area contributed by atoms with Gasteiger partial charge in [-0.05, 0) is 55.5 Å². The largest absolute Gasteiger partial charge is 0.493 e. The molecule has 3 aromatic rings. The van der Waals surface area contributed by atoms with Gasteiger partial charge >= 0.3 is 6.09 Å². The number of hydrogen-bond acceptors (Lipinski definition) is 6. The number of allylic oxidation sites excluding steroid dienone is 4. The van der Waals surface area contributed by atoms with Gasteiger partial charge in [0.1, 0.15) is 11.5 Å². The Labute approximate surface area is 221 Å². The van der Waals surface area contributed by atoms with E-state index in [1.807, 2.05) is 31.2 Å². The van der Waals surface area contributed by atoms with Crippen molar-refractivity contribution >= 4 is 28.8 Å². The molecule has 194 valence electrons.